The van der Waals surface area contributed by atoms with Gasteiger partial charge in [-0.1, -0.05) is 24.3 Å². The number of anilines is 3. The lowest BCUT2D eigenvalue weighted by atomic mass is 10.1. The molecule has 17 heavy (non-hydrogen) atoms. The molecular formula is C15H18N2. The van der Waals surface area contributed by atoms with Crippen LogP contribution in [0.4, 0.5) is 17.1 Å². The number of hydrogen-bond donors (Lipinski definition) is 1. The third-order valence-corrected chi connectivity index (χ3v) is 3.02. The lowest BCUT2D eigenvalue weighted by molar-refractivity contribution is 1.18. The van der Waals surface area contributed by atoms with E-state index in [1.165, 1.54) is 16.8 Å². The first-order valence-electron chi connectivity index (χ1n) is 5.75. The Hall–Kier alpha value is -1.96. The number of hydrogen-bond acceptors (Lipinski definition) is 2. The van der Waals surface area contributed by atoms with Gasteiger partial charge in [0.2, 0.25) is 0 Å². The van der Waals surface area contributed by atoms with Crippen molar-refractivity contribution in [1.29, 1.82) is 0 Å². The minimum Gasteiger partial charge on any atom is -0.397 e. The van der Waals surface area contributed by atoms with Crippen LogP contribution in [0.3, 0.4) is 0 Å². The van der Waals surface area contributed by atoms with Gasteiger partial charge in [-0.2, -0.15) is 0 Å². The summed E-state index contributed by atoms with van der Waals surface area (Å²) in [6.07, 6.45) is 0. The minimum absolute atomic E-state index is 0.802. The van der Waals surface area contributed by atoms with Crippen molar-refractivity contribution in [2.45, 2.75) is 13.8 Å². The van der Waals surface area contributed by atoms with E-state index >= 15 is 0 Å². The van der Waals surface area contributed by atoms with Crippen LogP contribution >= 0.6 is 0 Å². The second-order valence-electron chi connectivity index (χ2n) is 4.41. The summed E-state index contributed by atoms with van der Waals surface area (Å²) in [5, 5.41) is 0. The van der Waals surface area contributed by atoms with Gasteiger partial charge in [0.25, 0.3) is 0 Å². The Morgan fingerprint density at radius 1 is 0.941 bits per heavy atom. The van der Waals surface area contributed by atoms with Crippen LogP contribution in [0.5, 0.6) is 0 Å². The van der Waals surface area contributed by atoms with Crippen molar-refractivity contribution in [3.8, 4) is 0 Å². The van der Waals surface area contributed by atoms with Gasteiger partial charge in [-0.05, 0) is 43.2 Å². The molecule has 0 amide bonds. The summed E-state index contributed by atoms with van der Waals surface area (Å²) < 4.78 is 0. The molecule has 0 aliphatic carbocycles. The predicted octanol–water partition coefficient (Wildman–Crippen LogP) is 3.65. The molecule has 0 aliphatic heterocycles. The molecule has 2 aromatic rings. The molecule has 0 saturated carbocycles. The SMILES string of the molecule is Cc1ccc(C)c(N(C)c2ccccc2N)c1. The Labute approximate surface area is 103 Å². The number of benzene rings is 2. The lowest BCUT2D eigenvalue weighted by Gasteiger charge is -2.23. The van der Waals surface area contributed by atoms with Crippen molar-refractivity contribution in [3.63, 3.8) is 0 Å². The summed E-state index contributed by atoms with van der Waals surface area (Å²) in [5.41, 5.74) is 11.6. The van der Waals surface area contributed by atoms with Gasteiger partial charge in [0.15, 0.2) is 0 Å². The normalized spacial score (nSPS) is 10.3. The maximum Gasteiger partial charge on any atom is 0.0641 e. The molecule has 0 bridgehead atoms. The van der Waals surface area contributed by atoms with Gasteiger partial charge in [0, 0.05) is 12.7 Å². The second kappa shape index (κ2) is 4.50. The number of nitrogen functional groups attached to an aromatic ring is 1. The van der Waals surface area contributed by atoms with Gasteiger partial charge >= 0.3 is 0 Å². The van der Waals surface area contributed by atoms with E-state index in [4.69, 9.17) is 5.73 Å². The highest BCUT2D eigenvalue weighted by Gasteiger charge is 2.09. The smallest absolute Gasteiger partial charge is 0.0641 e. The van der Waals surface area contributed by atoms with E-state index in [2.05, 4.69) is 36.9 Å². The van der Waals surface area contributed by atoms with Crippen LogP contribution in [0, 0.1) is 13.8 Å². The van der Waals surface area contributed by atoms with E-state index in [0.717, 1.165) is 11.4 Å². The lowest BCUT2D eigenvalue weighted by Crippen LogP contribution is -2.12. The van der Waals surface area contributed by atoms with Crippen molar-refractivity contribution in [2.24, 2.45) is 0 Å². The molecule has 0 spiro atoms. The number of nitrogens with two attached hydrogens (primary N) is 1. The summed E-state index contributed by atoms with van der Waals surface area (Å²) in [7, 11) is 2.05. The topological polar surface area (TPSA) is 29.3 Å². The van der Waals surface area contributed by atoms with E-state index in [9.17, 15) is 0 Å². The molecule has 0 saturated heterocycles. The molecule has 0 radical (unpaired) electrons. The Kier molecular flexibility index (Phi) is 3.05. The van der Waals surface area contributed by atoms with Crippen molar-refractivity contribution in [2.75, 3.05) is 17.7 Å². The molecule has 2 N–H and O–H groups in total. The number of nitrogens with zero attached hydrogens (tertiary/aromatic N) is 1. The maximum atomic E-state index is 6.01. The maximum absolute atomic E-state index is 6.01. The quantitative estimate of drug-likeness (QED) is 0.792. The molecular weight excluding hydrogens is 208 g/mol. The third-order valence-electron chi connectivity index (χ3n) is 3.02. The Morgan fingerprint density at radius 2 is 1.65 bits per heavy atom. The van der Waals surface area contributed by atoms with Crippen LogP contribution in [0.1, 0.15) is 11.1 Å². The molecule has 0 aromatic heterocycles. The zero-order chi connectivity index (χ0) is 12.4. The molecule has 2 rings (SSSR count). The van der Waals surface area contributed by atoms with E-state index in [0.29, 0.717) is 0 Å². The Balaban J connectivity index is 2.47. The van der Waals surface area contributed by atoms with Crippen LogP contribution < -0.4 is 10.6 Å². The highest BCUT2D eigenvalue weighted by Crippen LogP contribution is 2.31. The molecule has 88 valence electrons. The first kappa shape index (κ1) is 11.5. The fourth-order valence-corrected chi connectivity index (χ4v) is 2.00. The van der Waals surface area contributed by atoms with E-state index in [1.807, 2.05) is 31.3 Å². The molecule has 0 heterocycles. The first-order valence-corrected chi connectivity index (χ1v) is 5.75. The van der Waals surface area contributed by atoms with E-state index in [-0.39, 0.29) is 0 Å². The summed E-state index contributed by atoms with van der Waals surface area (Å²) in [5.74, 6) is 0. The number of rotatable bonds is 2. The molecule has 0 fully saturated rings. The Bertz CT molecular complexity index is 532. The highest BCUT2D eigenvalue weighted by atomic mass is 15.1. The zero-order valence-electron chi connectivity index (χ0n) is 10.6. The van der Waals surface area contributed by atoms with Gasteiger partial charge < -0.3 is 10.6 Å². The van der Waals surface area contributed by atoms with Crippen molar-refractivity contribution in [1.82, 2.24) is 0 Å². The van der Waals surface area contributed by atoms with Gasteiger partial charge in [-0.25, -0.2) is 0 Å². The van der Waals surface area contributed by atoms with Crippen molar-refractivity contribution in [3.05, 3.63) is 53.6 Å². The van der Waals surface area contributed by atoms with Gasteiger partial charge in [-0.3, -0.25) is 0 Å². The monoisotopic (exact) mass is 226 g/mol. The number of aryl methyl sites for hydroxylation is 2. The van der Waals surface area contributed by atoms with Gasteiger partial charge in [0.05, 0.1) is 11.4 Å². The second-order valence-corrected chi connectivity index (χ2v) is 4.41. The summed E-state index contributed by atoms with van der Waals surface area (Å²) >= 11 is 0. The zero-order valence-corrected chi connectivity index (χ0v) is 10.6. The van der Waals surface area contributed by atoms with Crippen LogP contribution in [0.2, 0.25) is 0 Å². The average Bonchev–Trinajstić information content (AvgIpc) is 2.32. The molecule has 2 heteroatoms. The van der Waals surface area contributed by atoms with Crippen LogP contribution in [0.15, 0.2) is 42.5 Å². The largest absolute Gasteiger partial charge is 0.397 e. The standard InChI is InChI=1S/C15H18N2/c1-11-8-9-12(2)15(10-11)17(3)14-7-5-4-6-13(14)16/h4-10H,16H2,1-3H3. The molecule has 0 atom stereocenters. The van der Waals surface area contributed by atoms with Crippen LogP contribution in [-0.2, 0) is 0 Å². The molecule has 2 aromatic carbocycles. The molecule has 2 nitrogen and oxygen atoms in total. The van der Waals surface area contributed by atoms with Crippen LogP contribution in [0.25, 0.3) is 0 Å². The fourth-order valence-electron chi connectivity index (χ4n) is 2.00. The summed E-state index contributed by atoms with van der Waals surface area (Å²) in [6.45, 7) is 4.22. The average molecular weight is 226 g/mol. The first-order chi connectivity index (χ1) is 8.09. The third kappa shape index (κ3) is 2.26. The van der Waals surface area contributed by atoms with Crippen molar-refractivity contribution >= 4 is 17.1 Å². The van der Waals surface area contributed by atoms with Gasteiger partial charge in [-0.15, -0.1) is 0 Å². The van der Waals surface area contributed by atoms with Crippen LogP contribution in [-0.4, -0.2) is 7.05 Å². The summed E-state index contributed by atoms with van der Waals surface area (Å²) in [6, 6.07) is 14.4. The number of para-hydroxylation sites is 2. The van der Waals surface area contributed by atoms with Crippen molar-refractivity contribution < 1.29 is 0 Å². The summed E-state index contributed by atoms with van der Waals surface area (Å²) in [4.78, 5) is 2.14. The minimum atomic E-state index is 0.802. The highest BCUT2D eigenvalue weighted by molar-refractivity contribution is 5.75. The van der Waals surface area contributed by atoms with Gasteiger partial charge in [0.1, 0.15) is 0 Å². The predicted molar refractivity (Wildman–Crippen MR) is 74.8 cm³/mol. The Morgan fingerprint density at radius 3 is 2.35 bits per heavy atom. The van der Waals surface area contributed by atoms with E-state index in [1.54, 1.807) is 0 Å². The molecule has 0 aliphatic rings. The molecule has 0 unspecified atom stereocenters. The van der Waals surface area contributed by atoms with E-state index < -0.39 is 0 Å². The fraction of sp³-hybridized carbons (Fsp3) is 0.200.